The van der Waals surface area contributed by atoms with E-state index < -0.39 is 0 Å². The number of hydrogen-bond donors (Lipinski definition) is 1. The van der Waals surface area contributed by atoms with Crippen LogP contribution in [0.2, 0.25) is 0 Å². The maximum atomic E-state index is 12.0. The van der Waals surface area contributed by atoms with Gasteiger partial charge in [-0.1, -0.05) is 23.5 Å². The Labute approximate surface area is 146 Å². The molecule has 0 spiro atoms. The Hall–Kier alpha value is -1.63. The number of nitrogens with zero attached hydrogens (tertiary/aromatic N) is 2. The summed E-state index contributed by atoms with van der Waals surface area (Å²) >= 11 is 1.30. The van der Waals surface area contributed by atoms with Gasteiger partial charge in [0.1, 0.15) is 5.75 Å². The van der Waals surface area contributed by atoms with E-state index in [1.54, 1.807) is 7.11 Å². The number of aromatic amines is 1. The number of piperidine rings is 1. The van der Waals surface area contributed by atoms with Crippen LogP contribution in [0.4, 0.5) is 0 Å². The van der Waals surface area contributed by atoms with Gasteiger partial charge in [-0.05, 0) is 52.2 Å². The minimum absolute atomic E-state index is 0.0114. The van der Waals surface area contributed by atoms with Crippen LogP contribution in [0.3, 0.4) is 0 Å². The fraction of sp³-hybridized carbons (Fsp3) is 0.500. The molecule has 1 fully saturated rings. The summed E-state index contributed by atoms with van der Waals surface area (Å²) in [7, 11) is 5.99. The Morgan fingerprint density at radius 1 is 1.33 bits per heavy atom. The van der Waals surface area contributed by atoms with E-state index in [0.29, 0.717) is 6.04 Å². The van der Waals surface area contributed by atoms with E-state index in [1.165, 1.54) is 24.2 Å². The summed E-state index contributed by atoms with van der Waals surface area (Å²) < 4.78 is 5.46. The van der Waals surface area contributed by atoms with E-state index in [-0.39, 0.29) is 4.87 Å². The van der Waals surface area contributed by atoms with Gasteiger partial charge in [0.2, 0.25) is 0 Å². The molecule has 2 aromatic rings. The molecule has 1 aliphatic heterocycles. The van der Waals surface area contributed by atoms with Crippen molar-refractivity contribution in [3.8, 4) is 17.0 Å². The van der Waals surface area contributed by atoms with Crippen molar-refractivity contribution in [3.63, 3.8) is 0 Å². The SMILES string of the molecule is COc1ccccc1-c1[nH]c(=O)sc1CN(C)C1CCN(C)CC1. The normalized spacial score (nSPS) is 16.7. The topological polar surface area (TPSA) is 48.6 Å². The molecule has 0 radical (unpaired) electrons. The summed E-state index contributed by atoms with van der Waals surface area (Å²) in [4.78, 5) is 20.8. The molecule has 0 amide bonds. The number of aromatic nitrogens is 1. The summed E-state index contributed by atoms with van der Waals surface area (Å²) in [6.45, 7) is 3.06. The van der Waals surface area contributed by atoms with Crippen LogP contribution in [0.5, 0.6) is 5.75 Å². The molecule has 1 saturated heterocycles. The van der Waals surface area contributed by atoms with Crippen LogP contribution in [-0.4, -0.2) is 55.1 Å². The first-order chi connectivity index (χ1) is 11.6. The minimum atomic E-state index is -0.0114. The molecule has 5 nitrogen and oxygen atoms in total. The molecule has 0 aliphatic carbocycles. The van der Waals surface area contributed by atoms with Gasteiger partial charge in [-0.25, -0.2) is 0 Å². The van der Waals surface area contributed by atoms with Crippen molar-refractivity contribution in [2.75, 3.05) is 34.3 Å². The summed E-state index contributed by atoms with van der Waals surface area (Å²) in [5.41, 5.74) is 1.84. The van der Waals surface area contributed by atoms with Gasteiger partial charge in [-0.15, -0.1) is 0 Å². The molecule has 2 heterocycles. The lowest BCUT2D eigenvalue weighted by molar-refractivity contribution is 0.140. The number of methoxy groups -OCH3 is 1. The lowest BCUT2D eigenvalue weighted by atomic mass is 10.0. The average Bonchev–Trinajstić information content (AvgIpc) is 2.95. The van der Waals surface area contributed by atoms with Crippen molar-refractivity contribution in [1.29, 1.82) is 0 Å². The largest absolute Gasteiger partial charge is 0.496 e. The Kier molecular flexibility index (Phi) is 5.38. The first-order valence-electron chi connectivity index (χ1n) is 8.32. The molecular formula is C18H25N3O2S. The first kappa shape index (κ1) is 17.2. The standard InChI is InChI=1S/C18H25N3O2S/c1-20-10-8-13(9-11-20)21(2)12-16-17(19-18(22)24-16)14-6-4-5-7-15(14)23-3/h4-7,13H,8-12H2,1-3H3,(H,19,22). The van der Waals surface area contributed by atoms with Crippen LogP contribution < -0.4 is 9.61 Å². The van der Waals surface area contributed by atoms with Crippen LogP contribution in [0.1, 0.15) is 17.7 Å². The minimum Gasteiger partial charge on any atom is -0.496 e. The molecule has 1 aliphatic rings. The van der Waals surface area contributed by atoms with Gasteiger partial charge in [0.25, 0.3) is 0 Å². The molecule has 6 heteroatoms. The second kappa shape index (κ2) is 7.51. The Morgan fingerprint density at radius 2 is 2.04 bits per heavy atom. The molecule has 1 aromatic heterocycles. The zero-order chi connectivity index (χ0) is 17.1. The van der Waals surface area contributed by atoms with E-state index in [9.17, 15) is 4.79 Å². The molecule has 0 unspecified atom stereocenters. The predicted octanol–water partition coefficient (Wildman–Crippen LogP) is 2.64. The highest BCUT2D eigenvalue weighted by Crippen LogP contribution is 2.32. The summed E-state index contributed by atoms with van der Waals surface area (Å²) in [5, 5.41) is 0. The Balaban J connectivity index is 1.83. The highest BCUT2D eigenvalue weighted by Gasteiger charge is 2.23. The Morgan fingerprint density at radius 3 is 2.75 bits per heavy atom. The maximum Gasteiger partial charge on any atom is 0.305 e. The molecule has 1 aromatic carbocycles. The molecule has 0 atom stereocenters. The molecule has 0 saturated carbocycles. The smallest absolute Gasteiger partial charge is 0.305 e. The van der Waals surface area contributed by atoms with Gasteiger partial charge < -0.3 is 14.6 Å². The van der Waals surface area contributed by atoms with Gasteiger partial charge in [0.15, 0.2) is 0 Å². The van der Waals surface area contributed by atoms with E-state index in [2.05, 4.69) is 28.9 Å². The van der Waals surface area contributed by atoms with Gasteiger partial charge in [0.05, 0.1) is 12.8 Å². The number of hydrogen-bond acceptors (Lipinski definition) is 5. The Bertz CT molecular complexity index is 732. The third kappa shape index (κ3) is 3.71. The van der Waals surface area contributed by atoms with Gasteiger partial charge in [-0.2, -0.15) is 0 Å². The van der Waals surface area contributed by atoms with E-state index >= 15 is 0 Å². The molecule has 1 N–H and O–H groups in total. The molecule has 0 bridgehead atoms. The number of ether oxygens (including phenoxy) is 1. The summed E-state index contributed by atoms with van der Waals surface area (Å²) in [5.74, 6) is 0.787. The van der Waals surface area contributed by atoms with Gasteiger partial charge in [0, 0.05) is 23.0 Å². The second-order valence-electron chi connectivity index (χ2n) is 6.46. The van der Waals surface area contributed by atoms with Crippen molar-refractivity contribution in [3.05, 3.63) is 38.8 Å². The van der Waals surface area contributed by atoms with Crippen molar-refractivity contribution in [2.45, 2.75) is 25.4 Å². The fourth-order valence-corrected chi connectivity index (χ4v) is 4.24. The number of nitrogens with one attached hydrogen (secondary N) is 1. The van der Waals surface area contributed by atoms with E-state index in [0.717, 1.165) is 41.5 Å². The van der Waals surface area contributed by atoms with E-state index in [4.69, 9.17) is 4.74 Å². The highest BCUT2D eigenvalue weighted by molar-refractivity contribution is 7.09. The van der Waals surface area contributed by atoms with Crippen molar-refractivity contribution < 1.29 is 4.74 Å². The van der Waals surface area contributed by atoms with Crippen LogP contribution in [-0.2, 0) is 6.54 Å². The lowest BCUT2D eigenvalue weighted by Gasteiger charge is -2.35. The van der Waals surface area contributed by atoms with Crippen LogP contribution >= 0.6 is 11.3 Å². The number of rotatable bonds is 5. The zero-order valence-electron chi connectivity index (χ0n) is 14.5. The van der Waals surface area contributed by atoms with Crippen molar-refractivity contribution in [2.24, 2.45) is 0 Å². The number of para-hydroxylation sites is 1. The molecule has 130 valence electrons. The lowest BCUT2D eigenvalue weighted by Crippen LogP contribution is -2.41. The quantitative estimate of drug-likeness (QED) is 0.903. The van der Waals surface area contributed by atoms with Crippen molar-refractivity contribution >= 4 is 11.3 Å². The predicted molar refractivity (Wildman–Crippen MR) is 98.9 cm³/mol. The molecule has 24 heavy (non-hydrogen) atoms. The molecular weight excluding hydrogens is 322 g/mol. The summed E-state index contributed by atoms with van der Waals surface area (Å²) in [6, 6.07) is 8.41. The van der Waals surface area contributed by atoms with Crippen LogP contribution in [0.25, 0.3) is 11.3 Å². The molecule has 3 rings (SSSR count). The first-order valence-corrected chi connectivity index (χ1v) is 9.14. The number of H-pyrrole nitrogens is 1. The number of thiazole rings is 1. The van der Waals surface area contributed by atoms with Crippen molar-refractivity contribution in [1.82, 2.24) is 14.8 Å². The maximum absolute atomic E-state index is 12.0. The summed E-state index contributed by atoms with van der Waals surface area (Å²) in [6.07, 6.45) is 2.35. The van der Waals surface area contributed by atoms with Gasteiger partial charge >= 0.3 is 4.87 Å². The number of likely N-dealkylation sites (tertiary alicyclic amines) is 1. The van der Waals surface area contributed by atoms with E-state index in [1.807, 2.05) is 24.3 Å². The highest BCUT2D eigenvalue weighted by atomic mass is 32.1. The second-order valence-corrected chi connectivity index (χ2v) is 7.53. The number of benzene rings is 1. The average molecular weight is 347 g/mol. The monoisotopic (exact) mass is 347 g/mol. The van der Waals surface area contributed by atoms with Crippen LogP contribution in [0.15, 0.2) is 29.1 Å². The fourth-order valence-electron chi connectivity index (χ4n) is 3.33. The van der Waals surface area contributed by atoms with Crippen LogP contribution in [0, 0.1) is 0 Å². The third-order valence-corrected chi connectivity index (χ3v) is 5.67. The van der Waals surface area contributed by atoms with Gasteiger partial charge in [-0.3, -0.25) is 9.69 Å². The zero-order valence-corrected chi connectivity index (χ0v) is 15.4. The third-order valence-electron chi connectivity index (χ3n) is 4.80.